The van der Waals surface area contributed by atoms with Crippen molar-refractivity contribution in [3.63, 3.8) is 0 Å². The largest absolute Gasteiger partial charge is 0.497 e. The van der Waals surface area contributed by atoms with Crippen molar-refractivity contribution in [3.8, 4) is 22.6 Å². The fourth-order valence-electron chi connectivity index (χ4n) is 3.06. The molecule has 150 valence electrons. The highest BCUT2D eigenvalue weighted by molar-refractivity contribution is 5.92. The summed E-state index contributed by atoms with van der Waals surface area (Å²) >= 11 is 0. The van der Waals surface area contributed by atoms with Gasteiger partial charge in [-0.05, 0) is 29.8 Å². The molecule has 1 amide bonds. The Morgan fingerprint density at radius 2 is 1.80 bits per heavy atom. The first-order valence-corrected chi connectivity index (χ1v) is 9.32. The summed E-state index contributed by atoms with van der Waals surface area (Å²) in [5, 5.41) is 3.19. The lowest BCUT2D eigenvalue weighted by atomic mass is 10.1. The van der Waals surface area contributed by atoms with Crippen molar-refractivity contribution in [1.29, 1.82) is 0 Å². The van der Waals surface area contributed by atoms with E-state index in [4.69, 9.17) is 13.9 Å². The van der Waals surface area contributed by atoms with Crippen LogP contribution in [0.2, 0.25) is 0 Å². The van der Waals surface area contributed by atoms with E-state index in [2.05, 4.69) is 5.32 Å². The molecule has 4 rings (SSSR count). The molecule has 0 aliphatic heterocycles. The van der Waals surface area contributed by atoms with Crippen LogP contribution in [0.1, 0.15) is 0 Å². The molecule has 0 unspecified atom stereocenters. The third-order valence-electron chi connectivity index (χ3n) is 4.55. The van der Waals surface area contributed by atoms with Crippen LogP contribution in [0.25, 0.3) is 22.1 Å². The van der Waals surface area contributed by atoms with Gasteiger partial charge in [0.05, 0.1) is 18.1 Å². The van der Waals surface area contributed by atoms with Gasteiger partial charge in [0.2, 0.25) is 0 Å². The van der Waals surface area contributed by atoms with Crippen LogP contribution < -0.4 is 20.2 Å². The van der Waals surface area contributed by atoms with Gasteiger partial charge in [0.15, 0.2) is 12.0 Å². The van der Waals surface area contributed by atoms with E-state index >= 15 is 0 Å². The Morgan fingerprint density at radius 3 is 2.60 bits per heavy atom. The molecule has 0 radical (unpaired) electrons. The Kier molecular flexibility index (Phi) is 5.48. The first-order chi connectivity index (χ1) is 14.6. The van der Waals surface area contributed by atoms with Crippen LogP contribution in [0.4, 0.5) is 5.69 Å². The van der Waals surface area contributed by atoms with Crippen LogP contribution in [0.5, 0.6) is 11.5 Å². The zero-order chi connectivity index (χ0) is 20.9. The quantitative estimate of drug-likeness (QED) is 0.515. The van der Waals surface area contributed by atoms with Gasteiger partial charge >= 0.3 is 0 Å². The van der Waals surface area contributed by atoms with Crippen molar-refractivity contribution >= 4 is 22.6 Å². The SMILES string of the molecule is COc1cccc(NC(=O)COc2ccc3c(=O)c(-c4ccccc4)coc3c2)c1. The average molecular weight is 401 g/mol. The molecule has 6 heteroatoms. The number of hydrogen-bond donors (Lipinski definition) is 1. The maximum atomic E-state index is 12.8. The first-order valence-electron chi connectivity index (χ1n) is 9.32. The number of rotatable bonds is 6. The van der Waals surface area contributed by atoms with Gasteiger partial charge in [0.1, 0.15) is 23.3 Å². The Hall–Kier alpha value is -4.06. The van der Waals surface area contributed by atoms with Gasteiger partial charge in [-0.3, -0.25) is 9.59 Å². The van der Waals surface area contributed by atoms with Crippen molar-refractivity contribution in [3.05, 3.63) is 89.3 Å². The highest BCUT2D eigenvalue weighted by Gasteiger charge is 2.11. The third-order valence-corrected chi connectivity index (χ3v) is 4.55. The number of nitrogens with one attached hydrogen (secondary N) is 1. The summed E-state index contributed by atoms with van der Waals surface area (Å²) in [6.45, 7) is -0.185. The number of methoxy groups -OCH3 is 1. The van der Waals surface area contributed by atoms with Gasteiger partial charge in [0, 0.05) is 17.8 Å². The zero-order valence-electron chi connectivity index (χ0n) is 16.3. The molecule has 3 aromatic carbocycles. The molecule has 0 aliphatic carbocycles. The number of anilines is 1. The molecule has 1 N–H and O–H groups in total. The number of fused-ring (bicyclic) bond motifs is 1. The summed E-state index contributed by atoms with van der Waals surface area (Å²) in [7, 11) is 1.56. The number of carbonyl (C=O) groups excluding carboxylic acids is 1. The van der Waals surface area contributed by atoms with E-state index in [-0.39, 0.29) is 17.9 Å². The Morgan fingerprint density at radius 1 is 0.967 bits per heavy atom. The standard InChI is InChI=1S/C24H19NO5/c1-28-18-9-5-8-17(12-18)25-23(26)15-29-19-10-11-20-22(13-19)30-14-21(24(20)27)16-6-3-2-4-7-16/h2-14H,15H2,1H3,(H,25,26). The Bertz CT molecular complexity index is 1250. The van der Waals surface area contributed by atoms with E-state index in [0.717, 1.165) is 5.56 Å². The van der Waals surface area contributed by atoms with Crippen LogP contribution in [0, 0.1) is 0 Å². The molecule has 0 fully saturated rings. The number of carbonyl (C=O) groups is 1. The number of amides is 1. The van der Waals surface area contributed by atoms with Gasteiger partial charge in [-0.25, -0.2) is 0 Å². The highest BCUT2D eigenvalue weighted by atomic mass is 16.5. The maximum Gasteiger partial charge on any atom is 0.262 e. The third kappa shape index (κ3) is 4.17. The van der Waals surface area contributed by atoms with E-state index in [1.165, 1.54) is 6.26 Å². The predicted molar refractivity (Wildman–Crippen MR) is 115 cm³/mol. The normalized spacial score (nSPS) is 10.6. The van der Waals surface area contributed by atoms with Gasteiger partial charge in [-0.15, -0.1) is 0 Å². The molecule has 0 saturated heterocycles. The average Bonchev–Trinajstić information content (AvgIpc) is 2.78. The lowest BCUT2D eigenvalue weighted by molar-refractivity contribution is -0.118. The molecular weight excluding hydrogens is 382 g/mol. The number of ether oxygens (including phenoxy) is 2. The van der Waals surface area contributed by atoms with Crippen molar-refractivity contribution in [1.82, 2.24) is 0 Å². The van der Waals surface area contributed by atoms with Crippen LogP contribution in [-0.2, 0) is 4.79 Å². The molecule has 1 heterocycles. The fraction of sp³-hybridized carbons (Fsp3) is 0.0833. The molecule has 0 spiro atoms. The summed E-state index contributed by atoms with van der Waals surface area (Å²) in [4.78, 5) is 24.9. The van der Waals surface area contributed by atoms with Gasteiger partial charge in [0.25, 0.3) is 5.91 Å². The predicted octanol–water partition coefficient (Wildman–Crippen LogP) is 4.49. The maximum absolute atomic E-state index is 12.8. The lowest BCUT2D eigenvalue weighted by Crippen LogP contribution is -2.20. The lowest BCUT2D eigenvalue weighted by Gasteiger charge is -2.09. The summed E-state index contributed by atoms with van der Waals surface area (Å²) in [5.41, 5.74) is 2.17. The van der Waals surface area contributed by atoms with E-state index in [0.29, 0.717) is 33.7 Å². The van der Waals surface area contributed by atoms with Gasteiger partial charge in [-0.1, -0.05) is 36.4 Å². The van der Waals surface area contributed by atoms with Crippen LogP contribution in [0.15, 0.2) is 88.3 Å². The summed E-state index contributed by atoms with van der Waals surface area (Å²) in [5.74, 6) is 0.760. The topological polar surface area (TPSA) is 77.8 Å². The molecule has 0 aliphatic rings. The van der Waals surface area contributed by atoms with E-state index in [1.807, 2.05) is 30.3 Å². The second-order valence-corrected chi connectivity index (χ2v) is 6.57. The molecule has 6 nitrogen and oxygen atoms in total. The zero-order valence-corrected chi connectivity index (χ0v) is 16.3. The summed E-state index contributed by atoms with van der Waals surface area (Å²) in [6, 6.07) is 21.3. The van der Waals surface area contributed by atoms with Crippen LogP contribution >= 0.6 is 0 Å². The Labute approximate surface area is 172 Å². The molecule has 0 saturated carbocycles. The smallest absolute Gasteiger partial charge is 0.262 e. The van der Waals surface area contributed by atoms with Crippen molar-refractivity contribution in [2.75, 3.05) is 19.0 Å². The molecule has 30 heavy (non-hydrogen) atoms. The summed E-state index contributed by atoms with van der Waals surface area (Å²) < 4.78 is 16.3. The monoisotopic (exact) mass is 401 g/mol. The van der Waals surface area contributed by atoms with Crippen LogP contribution in [0.3, 0.4) is 0 Å². The summed E-state index contributed by atoms with van der Waals surface area (Å²) in [6.07, 6.45) is 1.44. The van der Waals surface area contributed by atoms with Crippen molar-refractivity contribution in [2.45, 2.75) is 0 Å². The first kappa shape index (κ1) is 19.3. The molecule has 0 bridgehead atoms. The molecule has 4 aromatic rings. The van der Waals surface area contributed by atoms with Crippen molar-refractivity contribution < 1.29 is 18.7 Å². The minimum atomic E-state index is -0.316. The highest BCUT2D eigenvalue weighted by Crippen LogP contribution is 2.23. The Balaban J connectivity index is 1.47. The van der Waals surface area contributed by atoms with Crippen LogP contribution in [-0.4, -0.2) is 19.6 Å². The molecule has 0 atom stereocenters. The van der Waals surface area contributed by atoms with Crippen molar-refractivity contribution in [2.24, 2.45) is 0 Å². The minimum absolute atomic E-state index is 0.121. The molecular formula is C24H19NO5. The molecule has 1 aromatic heterocycles. The number of hydrogen-bond acceptors (Lipinski definition) is 5. The second kappa shape index (κ2) is 8.53. The van der Waals surface area contributed by atoms with E-state index in [9.17, 15) is 9.59 Å². The minimum Gasteiger partial charge on any atom is -0.497 e. The fourth-order valence-corrected chi connectivity index (χ4v) is 3.06. The van der Waals surface area contributed by atoms with Gasteiger partial charge < -0.3 is 19.2 Å². The second-order valence-electron chi connectivity index (χ2n) is 6.57. The van der Waals surface area contributed by atoms with E-state index < -0.39 is 0 Å². The van der Waals surface area contributed by atoms with E-state index in [1.54, 1.807) is 49.6 Å². The van der Waals surface area contributed by atoms with Gasteiger partial charge in [-0.2, -0.15) is 0 Å². The number of benzene rings is 3.